The van der Waals surface area contributed by atoms with Crippen molar-refractivity contribution in [1.82, 2.24) is 29.6 Å². The topological polar surface area (TPSA) is 127 Å². The first-order valence-corrected chi connectivity index (χ1v) is 12.7. The van der Waals surface area contributed by atoms with E-state index >= 15 is 0 Å². The third-order valence-corrected chi connectivity index (χ3v) is 6.45. The number of anilines is 3. The van der Waals surface area contributed by atoms with E-state index in [9.17, 15) is 18.4 Å². The summed E-state index contributed by atoms with van der Waals surface area (Å²) in [6, 6.07) is 5.12. The van der Waals surface area contributed by atoms with Gasteiger partial charge in [-0.3, -0.25) is 9.48 Å². The van der Waals surface area contributed by atoms with Crippen molar-refractivity contribution < 1.29 is 23.1 Å². The zero-order valence-corrected chi connectivity index (χ0v) is 21.9. The molecule has 3 aromatic rings. The summed E-state index contributed by atoms with van der Waals surface area (Å²) in [6.07, 6.45) is 7.39. The first kappa shape index (κ1) is 26.4. The lowest BCUT2D eigenvalue weighted by Crippen LogP contribution is -2.42. The van der Waals surface area contributed by atoms with Gasteiger partial charge in [0.05, 0.1) is 23.6 Å². The first-order chi connectivity index (χ1) is 18.5. The van der Waals surface area contributed by atoms with Crippen molar-refractivity contribution in [1.29, 1.82) is 0 Å². The maximum absolute atomic E-state index is 13.2. The molecule has 4 heterocycles. The largest absolute Gasteiger partial charge is 0.444 e. The van der Waals surface area contributed by atoms with E-state index in [-0.39, 0.29) is 18.0 Å². The highest BCUT2D eigenvalue weighted by Gasteiger charge is 2.61. The number of likely N-dealkylation sites (tertiary alicyclic amines) is 1. The molecule has 2 aliphatic rings. The average molecular weight is 541 g/mol. The quantitative estimate of drug-likeness (QED) is 0.463. The van der Waals surface area contributed by atoms with Gasteiger partial charge in [0.15, 0.2) is 0 Å². The maximum Gasteiger partial charge on any atom is 0.410 e. The first-order valence-electron chi connectivity index (χ1n) is 12.7. The summed E-state index contributed by atoms with van der Waals surface area (Å²) in [5.74, 6) is -4.49. The number of carbonyl (C=O) groups excluding carboxylic acids is 2. The lowest BCUT2D eigenvalue weighted by atomic mass is 10.1. The molecule has 13 heteroatoms. The summed E-state index contributed by atoms with van der Waals surface area (Å²) in [5.41, 5.74) is 1.38. The Hall–Kier alpha value is -4.16. The fraction of sp³-hybridized carbons (Fsp3) is 0.462. The Morgan fingerprint density at radius 3 is 2.54 bits per heavy atom. The molecule has 1 saturated heterocycles. The number of pyridine rings is 1. The number of halogens is 2. The van der Waals surface area contributed by atoms with E-state index in [2.05, 4.69) is 30.7 Å². The molecule has 2 amide bonds. The summed E-state index contributed by atoms with van der Waals surface area (Å²) >= 11 is 0. The molecule has 11 nitrogen and oxygen atoms in total. The van der Waals surface area contributed by atoms with Crippen molar-refractivity contribution in [2.45, 2.75) is 57.6 Å². The molecule has 1 atom stereocenters. The van der Waals surface area contributed by atoms with Crippen LogP contribution in [0.25, 0.3) is 11.3 Å². The van der Waals surface area contributed by atoms with Crippen LogP contribution >= 0.6 is 0 Å². The molecule has 0 radical (unpaired) electrons. The zero-order chi connectivity index (χ0) is 27.8. The molecular weight excluding hydrogens is 510 g/mol. The van der Waals surface area contributed by atoms with Gasteiger partial charge in [0, 0.05) is 43.7 Å². The van der Waals surface area contributed by atoms with Crippen molar-refractivity contribution in [2.24, 2.45) is 5.92 Å². The van der Waals surface area contributed by atoms with Crippen LogP contribution < -0.4 is 10.6 Å². The minimum absolute atomic E-state index is 0.146. The Morgan fingerprint density at radius 1 is 1.13 bits per heavy atom. The number of hydrogen-bond acceptors (Lipinski definition) is 8. The second kappa shape index (κ2) is 10.2. The van der Waals surface area contributed by atoms with Gasteiger partial charge in [0.2, 0.25) is 11.9 Å². The molecule has 0 aromatic carbocycles. The van der Waals surface area contributed by atoms with Gasteiger partial charge in [-0.2, -0.15) is 5.10 Å². The van der Waals surface area contributed by atoms with Crippen molar-refractivity contribution >= 4 is 29.5 Å². The zero-order valence-electron chi connectivity index (χ0n) is 21.9. The number of aromatic nitrogens is 5. The Morgan fingerprint density at radius 2 is 1.85 bits per heavy atom. The number of nitrogens with one attached hydrogen (secondary N) is 2. The molecular formula is C26H30F2N8O3. The molecule has 206 valence electrons. The second-order valence-corrected chi connectivity index (χ2v) is 10.7. The minimum Gasteiger partial charge on any atom is -0.444 e. The van der Waals surface area contributed by atoms with Gasteiger partial charge in [-0.15, -0.1) is 0 Å². The van der Waals surface area contributed by atoms with Crippen molar-refractivity contribution in [3.63, 3.8) is 0 Å². The highest BCUT2D eigenvalue weighted by atomic mass is 19.3. The Bertz CT molecular complexity index is 1360. The summed E-state index contributed by atoms with van der Waals surface area (Å²) in [4.78, 5) is 38.9. The summed E-state index contributed by atoms with van der Waals surface area (Å²) in [5, 5.41) is 10.1. The van der Waals surface area contributed by atoms with Crippen LogP contribution in [0.3, 0.4) is 0 Å². The standard InChI is InChI=1S/C26H30F2N8O3/c1-25(2,3)39-24(38)35-10-6-18(7-11-35)36-15-17(14-31-36)32-23-30-9-5-20(33-23)16-4-8-29-21(12-16)34-22(37)19-13-26(19,27)28/h4-5,8-9,12,14-15,18-19H,6-7,10-11,13H2,1-3H3,(H,29,34,37)(H,30,32,33). The number of alkyl halides is 2. The third kappa shape index (κ3) is 6.47. The third-order valence-electron chi connectivity index (χ3n) is 6.45. The van der Waals surface area contributed by atoms with Crippen molar-refractivity contribution in [2.75, 3.05) is 23.7 Å². The number of piperidine rings is 1. The number of rotatable bonds is 6. The maximum atomic E-state index is 13.2. The van der Waals surface area contributed by atoms with E-state index in [4.69, 9.17) is 4.74 Å². The summed E-state index contributed by atoms with van der Waals surface area (Å²) < 4.78 is 33.7. The predicted octanol–water partition coefficient (Wildman–Crippen LogP) is 4.64. The molecule has 5 rings (SSSR count). The minimum atomic E-state index is -2.94. The summed E-state index contributed by atoms with van der Waals surface area (Å²) in [6.45, 7) is 6.73. The molecule has 2 N–H and O–H groups in total. The van der Waals surface area contributed by atoms with Crippen LogP contribution in [0.15, 0.2) is 43.0 Å². The Kier molecular flexibility index (Phi) is 6.91. The van der Waals surface area contributed by atoms with E-state index in [0.717, 1.165) is 12.8 Å². The number of nitrogens with zero attached hydrogens (tertiary/aromatic N) is 6. The van der Waals surface area contributed by atoms with Crippen LogP contribution in [0.4, 0.5) is 31.0 Å². The highest BCUT2D eigenvalue weighted by Crippen LogP contribution is 2.49. The smallest absolute Gasteiger partial charge is 0.410 e. The fourth-order valence-electron chi connectivity index (χ4n) is 4.32. The van der Waals surface area contributed by atoms with Gasteiger partial charge in [0.1, 0.15) is 17.3 Å². The molecule has 1 aliphatic heterocycles. The number of carbonyl (C=O) groups is 2. The van der Waals surface area contributed by atoms with Crippen LogP contribution in [-0.4, -0.2) is 66.2 Å². The molecule has 3 aromatic heterocycles. The molecule has 0 spiro atoms. The SMILES string of the molecule is CC(C)(C)OC(=O)N1CCC(n2cc(Nc3nccc(-c4ccnc(NC(=O)C5CC5(F)F)c4)n3)cn2)CC1. The number of hydrogen-bond donors (Lipinski definition) is 2. The van der Waals surface area contributed by atoms with Crippen LogP contribution in [0.5, 0.6) is 0 Å². The fourth-order valence-corrected chi connectivity index (χ4v) is 4.32. The summed E-state index contributed by atoms with van der Waals surface area (Å²) in [7, 11) is 0. The van der Waals surface area contributed by atoms with Crippen molar-refractivity contribution in [3.8, 4) is 11.3 Å². The van der Waals surface area contributed by atoms with Crippen LogP contribution in [0.1, 0.15) is 46.1 Å². The molecule has 2 fully saturated rings. The predicted molar refractivity (Wildman–Crippen MR) is 139 cm³/mol. The van der Waals surface area contributed by atoms with E-state index in [1.54, 1.807) is 35.5 Å². The molecule has 0 bridgehead atoms. The van der Waals surface area contributed by atoms with Gasteiger partial charge >= 0.3 is 6.09 Å². The van der Waals surface area contributed by atoms with Gasteiger partial charge < -0.3 is 20.3 Å². The van der Waals surface area contributed by atoms with Gasteiger partial charge in [0.25, 0.3) is 5.92 Å². The molecule has 1 saturated carbocycles. The normalized spacial score (nSPS) is 18.9. The number of ether oxygens (including phenoxy) is 1. The van der Waals surface area contributed by atoms with Crippen LogP contribution in [0.2, 0.25) is 0 Å². The second-order valence-electron chi connectivity index (χ2n) is 10.7. The monoisotopic (exact) mass is 540 g/mol. The van der Waals surface area contributed by atoms with Gasteiger partial charge in [-0.05, 0) is 51.8 Å². The Balaban J connectivity index is 1.19. The highest BCUT2D eigenvalue weighted by molar-refractivity contribution is 5.94. The molecule has 1 unspecified atom stereocenters. The molecule has 1 aliphatic carbocycles. The number of amides is 2. The lowest BCUT2D eigenvalue weighted by molar-refractivity contribution is -0.119. The van der Waals surface area contributed by atoms with Crippen LogP contribution in [-0.2, 0) is 9.53 Å². The van der Waals surface area contributed by atoms with E-state index in [0.29, 0.717) is 36.0 Å². The lowest BCUT2D eigenvalue weighted by Gasteiger charge is -2.33. The van der Waals surface area contributed by atoms with Crippen molar-refractivity contribution in [3.05, 3.63) is 43.0 Å². The van der Waals surface area contributed by atoms with E-state index < -0.39 is 29.8 Å². The van der Waals surface area contributed by atoms with Gasteiger partial charge in [-0.25, -0.2) is 28.5 Å². The van der Waals surface area contributed by atoms with E-state index in [1.807, 2.05) is 31.6 Å². The Labute approximate surface area is 224 Å². The van der Waals surface area contributed by atoms with Crippen LogP contribution in [0, 0.1) is 5.92 Å². The average Bonchev–Trinajstić information content (AvgIpc) is 3.29. The van der Waals surface area contributed by atoms with Gasteiger partial charge in [-0.1, -0.05) is 0 Å². The van der Waals surface area contributed by atoms with E-state index in [1.165, 1.54) is 6.20 Å². The molecule has 39 heavy (non-hydrogen) atoms.